The number of anilines is 1. The number of hydrogen-bond donors (Lipinski definition) is 1. The van der Waals surface area contributed by atoms with Gasteiger partial charge in [-0.1, -0.05) is 15.9 Å². The summed E-state index contributed by atoms with van der Waals surface area (Å²) in [5.41, 5.74) is 1.52. The van der Waals surface area contributed by atoms with E-state index in [4.69, 9.17) is 0 Å². The highest BCUT2D eigenvalue weighted by Crippen LogP contribution is 2.30. The van der Waals surface area contributed by atoms with E-state index in [9.17, 15) is 18.0 Å². The molecule has 1 heterocycles. The number of ketones is 1. The van der Waals surface area contributed by atoms with Gasteiger partial charge >= 0.3 is 6.36 Å². The van der Waals surface area contributed by atoms with Crippen molar-refractivity contribution >= 4 is 39.3 Å². The second-order valence-electron chi connectivity index (χ2n) is 5.48. The van der Waals surface area contributed by atoms with Crippen molar-refractivity contribution in [3.05, 3.63) is 82.6 Å². The van der Waals surface area contributed by atoms with E-state index in [-0.39, 0.29) is 11.5 Å². The smallest absolute Gasteiger partial charge is 0.406 e. The molecule has 0 bridgehead atoms. The van der Waals surface area contributed by atoms with E-state index in [1.54, 1.807) is 30.3 Å². The van der Waals surface area contributed by atoms with Crippen LogP contribution in [0.2, 0.25) is 0 Å². The molecule has 28 heavy (non-hydrogen) atoms. The molecule has 1 aromatic heterocycles. The SMILES string of the molecule is O=C(c1ccncc1)c1cc(Br)ccc1NSc1ccc(OC(F)(F)F)cc1. The topological polar surface area (TPSA) is 51.2 Å². The Hall–Kier alpha value is -2.52. The fourth-order valence-corrected chi connectivity index (χ4v) is 3.31. The van der Waals surface area contributed by atoms with Gasteiger partial charge in [0.15, 0.2) is 5.78 Å². The molecule has 0 fully saturated rings. The van der Waals surface area contributed by atoms with Crippen LogP contribution in [0.1, 0.15) is 15.9 Å². The van der Waals surface area contributed by atoms with Gasteiger partial charge in [0, 0.05) is 32.9 Å². The second-order valence-corrected chi connectivity index (χ2v) is 7.27. The molecule has 0 atom stereocenters. The summed E-state index contributed by atoms with van der Waals surface area (Å²) in [6.07, 6.45) is -1.65. The van der Waals surface area contributed by atoms with E-state index in [2.05, 4.69) is 30.4 Å². The number of alkyl halides is 3. The molecule has 3 aromatic rings. The van der Waals surface area contributed by atoms with Gasteiger partial charge in [0.1, 0.15) is 5.75 Å². The van der Waals surface area contributed by atoms with Crippen LogP contribution in [0.15, 0.2) is 76.4 Å². The molecule has 9 heteroatoms. The first-order valence-corrected chi connectivity index (χ1v) is 9.46. The molecule has 0 aliphatic heterocycles. The van der Waals surface area contributed by atoms with Crippen molar-refractivity contribution in [2.24, 2.45) is 0 Å². The molecule has 144 valence electrons. The van der Waals surface area contributed by atoms with Gasteiger partial charge in [0.05, 0.1) is 5.69 Å². The molecule has 3 rings (SSSR count). The first kappa shape index (κ1) is 20.2. The highest BCUT2D eigenvalue weighted by atomic mass is 79.9. The molecule has 0 saturated carbocycles. The van der Waals surface area contributed by atoms with Crippen LogP contribution >= 0.6 is 27.9 Å². The molecule has 0 saturated heterocycles. The Labute approximate surface area is 171 Å². The number of halogens is 4. The first-order valence-electron chi connectivity index (χ1n) is 7.85. The van der Waals surface area contributed by atoms with E-state index >= 15 is 0 Å². The van der Waals surface area contributed by atoms with E-state index < -0.39 is 6.36 Å². The quantitative estimate of drug-likeness (QED) is 0.350. The van der Waals surface area contributed by atoms with Crippen molar-refractivity contribution in [3.8, 4) is 5.75 Å². The van der Waals surface area contributed by atoms with Gasteiger partial charge in [-0.3, -0.25) is 9.78 Å². The van der Waals surface area contributed by atoms with Gasteiger partial charge in [-0.05, 0) is 66.5 Å². The fourth-order valence-electron chi connectivity index (χ4n) is 2.28. The van der Waals surface area contributed by atoms with Gasteiger partial charge in [-0.2, -0.15) is 0 Å². The number of benzene rings is 2. The summed E-state index contributed by atoms with van der Waals surface area (Å²) in [5, 5.41) is 0. The number of aromatic nitrogens is 1. The number of nitrogens with one attached hydrogen (secondary N) is 1. The minimum absolute atomic E-state index is 0.180. The lowest BCUT2D eigenvalue weighted by molar-refractivity contribution is -0.274. The van der Waals surface area contributed by atoms with Crippen molar-refractivity contribution in [1.29, 1.82) is 0 Å². The molecular weight excluding hydrogens is 457 g/mol. The molecule has 0 aliphatic carbocycles. The minimum atomic E-state index is -4.73. The largest absolute Gasteiger partial charge is 0.573 e. The van der Waals surface area contributed by atoms with Gasteiger partial charge in [0.2, 0.25) is 0 Å². The molecule has 2 aromatic carbocycles. The molecule has 0 radical (unpaired) electrons. The molecule has 1 N–H and O–H groups in total. The summed E-state index contributed by atoms with van der Waals surface area (Å²) in [7, 11) is 0. The number of hydrogen-bond acceptors (Lipinski definition) is 5. The van der Waals surface area contributed by atoms with E-state index in [1.165, 1.54) is 48.6 Å². The average molecular weight is 469 g/mol. The zero-order valence-corrected chi connectivity index (χ0v) is 16.4. The lowest BCUT2D eigenvalue weighted by Crippen LogP contribution is -2.16. The van der Waals surface area contributed by atoms with E-state index in [1.807, 2.05) is 0 Å². The first-order chi connectivity index (χ1) is 13.3. The number of carbonyl (C=O) groups excluding carboxylic acids is 1. The maximum absolute atomic E-state index is 12.8. The molecular formula is C19H12BrF3N2O2S. The second kappa shape index (κ2) is 8.66. The zero-order chi connectivity index (χ0) is 20.1. The maximum atomic E-state index is 12.8. The summed E-state index contributed by atoms with van der Waals surface area (Å²) < 4.78 is 44.3. The van der Waals surface area contributed by atoms with Gasteiger partial charge in [-0.15, -0.1) is 13.2 Å². The van der Waals surface area contributed by atoms with Crippen LogP contribution < -0.4 is 9.46 Å². The third-order valence-electron chi connectivity index (χ3n) is 3.50. The molecule has 0 unspecified atom stereocenters. The van der Waals surface area contributed by atoms with Crippen molar-refractivity contribution < 1.29 is 22.7 Å². The lowest BCUT2D eigenvalue weighted by Gasteiger charge is -2.12. The van der Waals surface area contributed by atoms with Gasteiger partial charge in [-0.25, -0.2) is 0 Å². The summed E-state index contributed by atoms with van der Waals surface area (Å²) >= 11 is 4.53. The third-order valence-corrected chi connectivity index (χ3v) is 4.83. The Bertz CT molecular complexity index is 967. The summed E-state index contributed by atoms with van der Waals surface area (Å²) in [5.74, 6) is -0.477. The predicted octanol–water partition coefficient (Wildman–Crippen LogP) is 6.09. The highest BCUT2D eigenvalue weighted by molar-refractivity contribution is 9.10. The van der Waals surface area contributed by atoms with Crippen LogP contribution in [0.25, 0.3) is 0 Å². The van der Waals surface area contributed by atoms with Crippen LogP contribution in [-0.2, 0) is 0 Å². The minimum Gasteiger partial charge on any atom is -0.406 e. The summed E-state index contributed by atoms with van der Waals surface area (Å²) in [6.45, 7) is 0. The molecule has 0 aliphatic rings. The van der Waals surface area contributed by atoms with E-state index in [0.29, 0.717) is 21.7 Å². The van der Waals surface area contributed by atoms with Gasteiger partial charge < -0.3 is 9.46 Å². The third kappa shape index (κ3) is 5.49. The van der Waals surface area contributed by atoms with Crippen LogP contribution in [0.4, 0.5) is 18.9 Å². The Morgan fingerprint density at radius 2 is 1.71 bits per heavy atom. The summed E-state index contributed by atoms with van der Waals surface area (Å²) in [4.78, 5) is 17.3. The monoisotopic (exact) mass is 468 g/mol. The summed E-state index contributed by atoms with van der Waals surface area (Å²) in [6, 6.07) is 13.9. The zero-order valence-electron chi connectivity index (χ0n) is 14.0. The highest BCUT2D eigenvalue weighted by Gasteiger charge is 2.30. The van der Waals surface area contributed by atoms with Gasteiger partial charge in [0.25, 0.3) is 0 Å². The Morgan fingerprint density at radius 3 is 2.36 bits per heavy atom. The predicted molar refractivity (Wildman–Crippen MR) is 104 cm³/mol. The maximum Gasteiger partial charge on any atom is 0.573 e. The molecule has 4 nitrogen and oxygen atoms in total. The lowest BCUT2D eigenvalue weighted by atomic mass is 10.0. The standard InChI is InChI=1S/C19H12BrF3N2O2S/c20-13-1-6-17(16(11-13)18(26)12-7-9-24-10-8-12)25-28-15-4-2-14(3-5-15)27-19(21,22)23/h1-11,25H. The number of ether oxygens (including phenoxy) is 1. The van der Waals surface area contributed by atoms with Crippen molar-refractivity contribution in [1.82, 2.24) is 4.98 Å². The average Bonchev–Trinajstić information content (AvgIpc) is 2.67. The number of nitrogens with zero attached hydrogens (tertiary/aromatic N) is 1. The van der Waals surface area contributed by atoms with Crippen LogP contribution in [0, 0.1) is 0 Å². The van der Waals surface area contributed by atoms with Crippen LogP contribution in [-0.4, -0.2) is 17.1 Å². The van der Waals surface area contributed by atoms with Crippen molar-refractivity contribution in [2.45, 2.75) is 11.3 Å². The Morgan fingerprint density at radius 1 is 1.04 bits per heavy atom. The number of pyridine rings is 1. The Kier molecular flexibility index (Phi) is 6.25. The van der Waals surface area contributed by atoms with E-state index in [0.717, 1.165) is 4.47 Å². The normalized spacial score (nSPS) is 11.1. The fraction of sp³-hybridized carbons (Fsp3) is 0.0526. The van der Waals surface area contributed by atoms with Crippen LogP contribution in [0.3, 0.4) is 0 Å². The number of carbonyl (C=O) groups is 1. The van der Waals surface area contributed by atoms with Crippen molar-refractivity contribution in [2.75, 3.05) is 4.72 Å². The molecule has 0 spiro atoms. The van der Waals surface area contributed by atoms with Crippen molar-refractivity contribution in [3.63, 3.8) is 0 Å². The molecule has 0 amide bonds. The Balaban J connectivity index is 1.75. The number of rotatable bonds is 6. The van der Waals surface area contributed by atoms with Crippen LogP contribution in [0.5, 0.6) is 5.75 Å².